The first-order valence-electron chi connectivity index (χ1n) is 8.05. The van der Waals surface area contributed by atoms with Crippen LogP contribution in [0.1, 0.15) is 5.69 Å². The highest BCUT2D eigenvalue weighted by Gasteiger charge is 2.12. The highest BCUT2D eigenvalue weighted by atomic mass is 16.5. The molecular weight excluding hydrogens is 332 g/mol. The van der Waals surface area contributed by atoms with Crippen LogP contribution >= 0.6 is 0 Å². The zero-order valence-electron chi connectivity index (χ0n) is 15.1. The Hall–Kier alpha value is -3.42. The van der Waals surface area contributed by atoms with E-state index in [0.29, 0.717) is 28.4 Å². The van der Waals surface area contributed by atoms with E-state index in [2.05, 4.69) is 15.3 Å². The van der Waals surface area contributed by atoms with Gasteiger partial charge >= 0.3 is 0 Å². The molecule has 0 unspecified atom stereocenters. The smallest absolute Gasteiger partial charge is 0.251 e. The fourth-order valence-corrected chi connectivity index (χ4v) is 2.55. The topological polar surface area (TPSA) is 89.1 Å². The maximum absolute atomic E-state index is 12.6. The fourth-order valence-electron chi connectivity index (χ4n) is 2.55. The summed E-state index contributed by atoms with van der Waals surface area (Å²) in [5.74, 6) is 0.335. The van der Waals surface area contributed by atoms with E-state index in [0.717, 1.165) is 10.4 Å². The van der Waals surface area contributed by atoms with Crippen LogP contribution in [-0.2, 0) is 7.05 Å². The van der Waals surface area contributed by atoms with E-state index < -0.39 is 0 Å². The predicted octanol–water partition coefficient (Wildman–Crippen LogP) is 1.70. The van der Waals surface area contributed by atoms with Gasteiger partial charge in [-0.15, -0.1) is 0 Å². The lowest BCUT2D eigenvalue weighted by Crippen LogP contribution is -2.18. The second kappa shape index (κ2) is 6.83. The van der Waals surface area contributed by atoms with Gasteiger partial charge < -0.3 is 15.4 Å². The minimum absolute atomic E-state index is 0.178. The number of fused-ring (bicyclic) bond motifs is 1. The first kappa shape index (κ1) is 17.4. The summed E-state index contributed by atoms with van der Waals surface area (Å²) < 4.78 is 2.18. The van der Waals surface area contributed by atoms with Crippen molar-refractivity contribution in [3.8, 4) is 0 Å². The molecule has 0 aliphatic heterocycles. The molecule has 0 atom stereocenters. The Balaban J connectivity index is 2.13. The Labute approximate surface area is 150 Å². The normalized spacial score (nSPS) is 11.6. The average Bonchev–Trinajstić information content (AvgIpc) is 2.64. The third-order valence-electron chi connectivity index (χ3n) is 4.08. The molecule has 0 aliphatic rings. The summed E-state index contributed by atoms with van der Waals surface area (Å²) in [4.78, 5) is 22.5. The Morgan fingerprint density at radius 1 is 1.15 bits per heavy atom. The lowest BCUT2D eigenvalue weighted by Gasteiger charge is -2.12. The van der Waals surface area contributed by atoms with Crippen LogP contribution in [0.4, 0.5) is 17.3 Å². The van der Waals surface area contributed by atoms with Gasteiger partial charge in [0, 0.05) is 57.5 Å². The van der Waals surface area contributed by atoms with Gasteiger partial charge in [0.1, 0.15) is 11.3 Å². The molecule has 0 aliphatic carbocycles. The summed E-state index contributed by atoms with van der Waals surface area (Å²) >= 11 is 0. The molecule has 0 spiro atoms. The first-order chi connectivity index (χ1) is 12.4. The average molecular weight is 352 g/mol. The molecule has 0 amide bonds. The number of hydrogen-bond donors (Lipinski definition) is 1. The molecule has 0 fully saturated rings. The van der Waals surface area contributed by atoms with Crippen LogP contribution in [0.2, 0.25) is 0 Å². The van der Waals surface area contributed by atoms with E-state index in [4.69, 9.17) is 0 Å². The molecule has 8 nitrogen and oxygen atoms in total. The van der Waals surface area contributed by atoms with E-state index in [1.165, 1.54) is 16.8 Å². The maximum atomic E-state index is 12.6. The summed E-state index contributed by atoms with van der Waals surface area (Å²) in [6, 6.07) is 10.3. The van der Waals surface area contributed by atoms with Crippen LogP contribution < -0.4 is 15.8 Å². The molecule has 3 aromatic rings. The number of aryl methyl sites for hydroxylation is 1. The number of rotatable bonds is 4. The molecule has 26 heavy (non-hydrogen) atoms. The molecule has 0 saturated carbocycles. The first-order valence-corrected chi connectivity index (χ1v) is 8.05. The lowest BCUT2D eigenvalue weighted by molar-refractivity contribution is -0.354. The highest BCUT2D eigenvalue weighted by Crippen LogP contribution is 2.19. The zero-order valence-corrected chi connectivity index (χ0v) is 15.1. The van der Waals surface area contributed by atoms with Gasteiger partial charge in [0.15, 0.2) is 0 Å². The Morgan fingerprint density at radius 2 is 1.85 bits per heavy atom. The summed E-state index contributed by atoms with van der Waals surface area (Å²) in [5.41, 5.74) is 2.20. The number of anilines is 2. The SMILES string of the molecule is CNc1nc(/C=[N+](\[O-])c2ccc(N(C)C)cc2)c2ccc(=O)n(C)c2n1. The van der Waals surface area contributed by atoms with E-state index in [1.54, 1.807) is 32.3 Å². The van der Waals surface area contributed by atoms with Crippen molar-refractivity contribution in [2.45, 2.75) is 0 Å². The third kappa shape index (κ3) is 3.21. The predicted molar refractivity (Wildman–Crippen MR) is 104 cm³/mol. The van der Waals surface area contributed by atoms with E-state index in [1.807, 2.05) is 31.1 Å². The van der Waals surface area contributed by atoms with Crippen molar-refractivity contribution < 1.29 is 4.74 Å². The number of nitrogens with one attached hydrogen (secondary N) is 1. The lowest BCUT2D eigenvalue weighted by atomic mass is 10.2. The molecule has 0 bridgehead atoms. The number of nitrogens with zero attached hydrogens (tertiary/aromatic N) is 5. The Morgan fingerprint density at radius 3 is 2.46 bits per heavy atom. The van der Waals surface area contributed by atoms with Gasteiger partial charge in [-0.25, -0.2) is 4.98 Å². The summed E-state index contributed by atoms with van der Waals surface area (Å²) in [6.07, 6.45) is 1.39. The second-order valence-electron chi connectivity index (χ2n) is 6.02. The van der Waals surface area contributed by atoms with Crippen molar-refractivity contribution >= 4 is 34.6 Å². The number of hydrogen-bond acceptors (Lipinski definition) is 6. The molecule has 1 N–H and O–H groups in total. The molecule has 2 aromatic heterocycles. The Kier molecular flexibility index (Phi) is 4.57. The molecule has 2 heterocycles. The van der Waals surface area contributed by atoms with Crippen molar-refractivity contribution in [1.29, 1.82) is 0 Å². The third-order valence-corrected chi connectivity index (χ3v) is 4.08. The van der Waals surface area contributed by atoms with Gasteiger partial charge in [-0.3, -0.25) is 9.36 Å². The van der Waals surface area contributed by atoms with Crippen LogP contribution in [-0.4, -0.2) is 46.6 Å². The molecular formula is C18H20N6O2. The van der Waals surface area contributed by atoms with Crippen LogP contribution in [0.3, 0.4) is 0 Å². The van der Waals surface area contributed by atoms with Crippen LogP contribution in [0.15, 0.2) is 41.2 Å². The molecule has 0 radical (unpaired) electrons. The highest BCUT2D eigenvalue weighted by molar-refractivity contribution is 5.94. The monoisotopic (exact) mass is 352 g/mol. The largest absolute Gasteiger partial charge is 0.618 e. The molecule has 134 valence electrons. The van der Waals surface area contributed by atoms with Gasteiger partial charge in [0.2, 0.25) is 17.9 Å². The molecule has 8 heteroatoms. The quantitative estimate of drug-likeness (QED) is 0.333. The van der Waals surface area contributed by atoms with Crippen LogP contribution in [0.5, 0.6) is 0 Å². The van der Waals surface area contributed by atoms with Crippen molar-refractivity contribution in [3.63, 3.8) is 0 Å². The fraction of sp³-hybridized carbons (Fsp3) is 0.222. The van der Waals surface area contributed by atoms with Crippen molar-refractivity contribution in [2.24, 2.45) is 7.05 Å². The van der Waals surface area contributed by atoms with Gasteiger partial charge in [-0.05, 0) is 18.2 Å². The van der Waals surface area contributed by atoms with Crippen molar-refractivity contribution in [3.05, 3.63) is 57.7 Å². The number of aromatic nitrogens is 3. The number of benzene rings is 1. The van der Waals surface area contributed by atoms with Gasteiger partial charge in [0.25, 0.3) is 5.56 Å². The minimum atomic E-state index is -0.178. The molecule has 3 rings (SSSR count). The summed E-state index contributed by atoms with van der Waals surface area (Å²) in [6.45, 7) is 0. The van der Waals surface area contributed by atoms with Crippen LogP contribution in [0.25, 0.3) is 11.0 Å². The van der Waals surface area contributed by atoms with Crippen molar-refractivity contribution in [1.82, 2.24) is 14.5 Å². The Bertz CT molecular complexity index is 1040. The standard InChI is InChI=1S/C18H20N6O2/c1-19-18-20-15(14-9-10-16(25)23(4)17(14)21-18)11-24(26)13-7-5-12(6-8-13)22(2)3/h5-11H,1-4H3,(H,19,20,21)/b24-11-. The summed E-state index contributed by atoms with van der Waals surface area (Å²) in [5, 5.41) is 16.1. The van der Waals surface area contributed by atoms with Gasteiger partial charge in [0.05, 0.1) is 0 Å². The van der Waals surface area contributed by atoms with Crippen molar-refractivity contribution in [2.75, 3.05) is 31.4 Å². The zero-order chi connectivity index (χ0) is 18.8. The number of pyridine rings is 1. The molecule has 1 aromatic carbocycles. The van der Waals surface area contributed by atoms with Gasteiger partial charge in [-0.1, -0.05) is 0 Å². The van der Waals surface area contributed by atoms with Crippen LogP contribution in [0, 0.1) is 5.21 Å². The van der Waals surface area contributed by atoms with E-state index in [-0.39, 0.29) is 5.56 Å². The molecule has 0 saturated heterocycles. The minimum Gasteiger partial charge on any atom is -0.618 e. The van der Waals surface area contributed by atoms with E-state index in [9.17, 15) is 10.0 Å². The van der Waals surface area contributed by atoms with Gasteiger partial charge in [-0.2, -0.15) is 9.72 Å². The van der Waals surface area contributed by atoms with E-state index >= 15 is 0 Å². The summed E-state index contributed by atoms with van der Waals surface area (Å²) in [7, 11) is 7.19. The maximum Gasteiger partial charge on any atom is 0.251 e. The second-order valence-corrected chi connectivity index (χ2v) is 6.02.